The van der Waals surface area contributed by atoms with Crippen molar-refractivity contribution in [3.8, 4) is 5.75 Å². The fourth-order valence-electron chi connectivity index (χ4n) is 2.41. The highest BCUT2D eigenvalue weighted by molar-refractivity contribution is 8.00. The number of nitrogens with zero attached hydrogens (tertiary/aromatic N) is 1. The van der Waals surface area contributed by atoms with Crippen LogP contribution in [-0.4, -0.2) is 29.7 Å². The lowest BCUT2D eigenvalue weighted by atomic mass is 10.1. The first-order chi connectivity index (χ1) is 9.35. The van der Waals surface area contributed by atoms with Crippen LogP contribution in [0, 0.1) is 0 Å². The second-order valence-electron chi connectivity index (χ2n) is 6.27. The molecule has 0 aromatic heterocycles. The second-order valence-corrected chi connectivity index (χ2v) is 8.07. The number of hydrogen-bond acceptors (Lipinski definition) is 4. The van der Waals surface area contributed by atoms with Gasteiger partial charge < -0.3 is 15.4 Å². The lowest BCUT2D eigenvalue weighted by Gasteiger charge is -2.25. The molecule has 1 saturated heterocycles. The third-order valence-electron chi connectivity index (χ3n) is 3.49. The molecule has 0 unspecified atom stereocenters. The van der Waals surface area contributed by atoms with Gasteiger partial charge >= 0.3 is 0 Å². The third-order valence-corrected chi connectivity index (χ3v) is 4.86. The van der Waals surface area contributed by atoms with Crippen molar-refractivity contribution in [1.82, 2.24) is 0 Å². The number of nitrogens with two attached hydrogens (primary N) is 1. The van der Waals surface area contributed by atoms with E-state index in [4.69, 9.17) is 10.5 Å². The molecule has 1 fully saturated rings. The SMILES string of the molecule is CC(C)Oc1cc(N)cc(N2CCSC(C)(C)CC2)c1. The normalized spacial score (nSPS) is 18.9. The Morgan fingerprint density at radius 3 is 2.70 bits per heavy atom. The summed E-state index contributed by atoms with van der Waals surface area (Å²) >= 11 is 2.05. The molecule has 0 atom stereocenters. The van der Waals surface area contributed by atoms with Crippen molar-refractivity contribution in [2.24, 2.45) is 0 Å². The Balaban J connectivity index is 2.17. The van der Waals surface area contributed by atoms with Crippen molar-refractivity contribution in [2.75, 3.05) is 29.5 Å². The van der Waals surface area contributed by atoms with Crippen molar-refractivity contribution in [2.45, 2.75) is 45.0 Å². The Bertz CT molecular complexity index is 460. The van der Waals surface area contributed by atoms with Crippen LogP contribution in [0.1, 0.15) is 34.1 Å². The Kier molecular flexibility index (Phi) is 4.74. The lowest BCUT2D eigenvalue weighted by Crippen LogP contribution is -2.27. The van der Waals surface area contributed by atoms with E-state index in [-0.39, 0.29) is 6.10 Å². The molecule has 1 aliphatic heterocycles. The van der Waals surface area contributed by atoms with E-state index < -0.39 is 0 Å². The largest absolute Gasteiger partial charge is 0.491 e. The van der Waals surface area contributed by atoms with Gasteiger partial charge in [-0.15, -0.1) is 0 Å². The van der Waals surface area contributed by atoms with Gasteiger partial charge in [0.1, 0.15) is 5.75 Å². The van der Waals surface area contributed by atoms with E-state index in [0.29, 0.717) is 4.75 Å². The lowest BCUT2D eigenvalue weighted by molar-refractivity contribution is 0.242. The maximum absolute atomic E-state index is 6.02. The van der Waals surface area contributed by atoms with Crippen LogP contribution in [0.15, 0.2) is 18.2 Å². The summed E-state index contributed by atoms with van der Waals surface area (Å²) in [5.74, 6) is 2.02. The summed E-state index contributed by atoms with van der Waals surface area (Å²) < 4.78 is 6.15. The van der Waals surface area contributed by atoms with Crippen LogP contribution in [0.2, 0.25) is 0 Å². The third kappa shape index (κ3) is 4.23. The van der Waals surface area contributed by atoms with Gasteiger partial charge in [0, 0.05) is 47.1 Å². The molecule has 2 N–H and O–H groups in total. The van der Waals surface area contributed by atoms with Gasteiger partial charge in [0.2, 0.25) is 0 Å². The zero-order valence-corrected chi connectivity index (χ0v) is 13.8. The number of anilines is 2. The molecule has 20 heavy (non-hydrogen) atoms. The fraction of sp³-hybridized carbons (Fsp3) is 0.625. The summed E-state index contributed by atoms with van der Waals surface area (Å²) in [6, 6.07) is 6.07. The van der Waals surface area contributed by atoms with Gasteiger partial charge in [-0.3, -0.25) is 0 Å². The molecule has 4 heteroatoms. The number of thioether (sulfide) groups is 1. The van der Waals surface area contributed by atoms with Gasteiger partial charge in [-0.05, 0) is 26.3 Å². The zero-order chi connectivity index (χ0) is 14.8. The molecule has 2 rings (SSSR count). The van der Waals surface area contributed by atoms with E-state index in [1.807, 2.05) is 19.9 Å². The average molecular weight is 294 g/mol. The van der Waals surface area contributed by atoms with Crippen LogP contribution in [-0.2, 0) is 0 Å². The van der Waals surface area contributed by atoms with Gasteiger partial charge in [-0.1, -0.05) is 13.8 Å². The Morgan fingerprint density at radius 2 is 2.00 bits per heavy atom. The monoisotopic (exact) mass is 294 g/mol. The molecule has 1 aliphatic rings. The molecular formula is C16H26N2OS. The molecule has 0 aliphatic carbocycles. The van der Waals surface area contributed by atoms with Gasteiger partial charge in [0.05, 0.1) is 6.10 Å². The van der Waals surface area contributed by atoms with E-state index in [1.54, 1.807) is 0 Å². The zero-order valence-electron chi connectivity index (χ0n) is 13.0. The average Bonchev–Trinajstić information content (AvgIpc) is 2.48. The number of nitrogen functional groups attached to an aromatic ring is 1. The van der Waals surface area contributed by atoms with E-state index in [0.717, 1.165) is 30.3 Å². The Morgan fingerprint density at radius 1 is 1.25 bits per heavy atom. The summed E-state index contributed by atoms with van der Waals surface area (Å²) in [5, 5.41) is 0. The summed E-state index contributed by atoms with van der Waals surface area (Å²) in [6.07, 6.45) is 1.36. The Hall–Kier alpha value is -1.03. The minimum Gasteiger partial charge on any atom is -0.491 e. The molecule has 112 valence electrons. The number of hydrogen-bond donors (Lipinski definition) is 1. The van der Waals surface area contributed by atoms with E-state index in [9.17, 15) is 0 Å². The molecule has 1 heterocycles. The molecule has 0 bridgehead atoms. The molecule has 0 amide bonds. The highest BCUT2D eigenvalue weighted by atomic mass is 32.2. The van der Waals surface area contributed by atoms with Crippen LogP contribution in [0.4, 0.5) is 11.4 Å². The Labute approximate surface area is 126 Å². The van der Waals surface area contributed by atoms with Crippen LogP contribution in [0.25, 0.3) is 0 Å². The summed E-state index contributed by atoms with van der Waals surface area (Å²) in [6.45, 7) is 10.9. The van der Waals surface area contributed by atoms with E-state index >= 15 is 0 Å². The molecular weight excluding hydrogens is 268 g/mol. The van der Waals surface area contributed by atoms with Gasteiger partial charge in [-0.25, -0.2) is 0 Å². The van der Waals surface area contributed by atoms with Crippen LogP contribution in [0.5, 0.6) is 5.75 Å². The van der Waals surface area contributed by atoms with Crippen LogP contribution in [0.3, 0.4) is 0 Å². The summed E-state index contributed by atoms with van der Waals surface area (Å²) in [4.78, 5) is 2.42. The predicted molar refractivity (Wildman–Crippen MR) is 90.0 cm³/mol. The summed E-state index contributed by atoms with van der Waals surface area (Å²) in [7, 11) is 0. The van der Waals surface area contributed by atoms with E-state index in [2.05, 4.69) is 42.6 Å². The smallest absolute Gasteiger partial charge is 0.123 e. The molecule has 1 aromatic carbocycles. The van der Waals surface area contributed by atoms with Crippen molar-refractivity contribution < 1.29 is 4.74 Å². The quantitative estimate of drug-likeness (QED) is 0.861. The van der Waals surface area contributed by atoms with E-state index in [1.165, 1.54) is 12.1 Å². The van der Waals surface area contributed by atoms with Crippen molar-refractivity contribution in [3.05, 3.63) is 18.2 Å². The highest BCUT2D eigenvalue weighted by Gasteiger charge is 2.24. The first-order valence-electron chi connectivity index (χ1n) is 7.32. The van der Waals surface area contributed by atoms with Crippen molar-refractivity contribution in [3.63, 3.8) is 0 Å². The van der Waals surface area contributed by atoms with Crippen LogP contribution >= 0.6 is 11.8 Å². The first kappa shape index (κ1) is 15.4. The first-order valence-corrected chi connectivity index (χ1v) is 8.30. The van der Waals surface area contributed by atoms with Crippen molar-refractivity contribution in [1.29, 1.82) is 0 Å². The predicted octanol–water partition coefficient (Wildman–Crippen LogP) is 3.78. The minimum atomic E-state index is 0.170. The minimum absolute atomic E-state index is 0.170. The second kappa shape index (κ2) is 6.17. The van der Waals surface area contributed by atoms with Gasteiger partial charge in [-0.2, -0.15) is 11.8 Å². The van der Waals surface area contributed by atoms with Gasteiger partial charge in [0.15, 0.2) is 0 Å². The maximum atomic E-state index is 6.02. The maximum Gasteiger partial charge on any atom is 0.123 e. The standard InChI is InChI=1S/C16H26N2OS/c1-12(2)19-15-10-13(17)9-14(11-15)18-6-5-16(3,4)20-8-7-18/h9-12H,5-8,17H2,1-4H3. The number of rotatable bonds is 3. The van der Waals surface area contributed by atoms with Crippen LogP contribution < -0.4 is 15.4 Å². The summed E-state index contributed by atoms with van der Waals surface area (Å²) in [5.41, 5.74) is 7.97. The molecule has 3 nitrogen and oxygen atoms in total. The fourth-order valence-corrected chi connectivity index (χ4v) is 3.51. The van der Waals surface area contributed by atoms with Gasteiger partial charge in [0.25, 0.3) is 0 Å². The molecule has 0 spiro atoms. The molecule has 0 saturated carbocycles. The number of ether oxygens (including phenoxy) is 1. The topological polar surface area (TPSA) is 38.5 Å². The molecule has 0 radical (unpaired) electrons. The highest BCUT2D eigenvalue weighted by Crippen LogP contribution is 2.34. The molecule has 1 aromatic rings. The van der Waals surface area contributed by atoms with Crippen molar-refractivity contribution >= 4 is 23.1 Å². The number of benzene rings is 1.